The average Bonchev–Trinajstić information content (AvgIpc) is 2.38. The van der Waals surface area contributed by atoms with Crippen LogP contribution in [-0.2, 0) is 9.59 Å². The molecule has 0 saturated heterocycles. The Balaban J connectivity index is 3.17. The maximum Gasteiger partial charge on any atom is 0.225 e. The number of allylic oxidation sites excluding steroid dienone is 6. The molecule has 0 radical (unpaired) electrons. The van der Waals surface area contributed by atoms with Crippen LogP contribution >= 0.6 is 0 Å². The predicted octanol–water partition coefficient (Wildman–Crippen LogP) is 3.00. The van der Waals surface area contributed by atoms with Crippen molar-refractivity contribution in [3.63, 3.8) is 0 Å². The fourth-order valence-electron chi connectivity index (χ4n) is 1.81. The number of ketones is 2. The monoisotopic (exact) mass is 218 g/mol. The Bertz CT molecular complexity index is 432. The van der Waals surface area contributed by atoms with Gasteiger partial charge in [-0.3, -0.25) is 9.59 Å². The van der Waals surface area contributed by atoms with Crippen LogP contribution in [0, 0.1) is 5.41 Å². The minimum absolute atomic E-state index is 0.303. The van der Waals surface area contributed by atoms with E-state index < -0.39 is 5.41 Å². The number of Topliss-reactive ketones (excluding diaryl/α,β-unsaturated/α-hetero) is 2. The third-order valence-corrected chi connectivity index (χ3v) is 3.16. The zero-order valence-corrected chi connectivity index (χ0v) is 10.5. The quantitative estimate of drug-likeness (QED) is 0.527. The molecule has 0 aromatic carbocycles. The third-order valence-electron chi connectivity index (χ3n) is 3.16. The van der Waals surface area contributed by atoms with Gasteiger partial charge >= 0.3 is 0 Å². The van der Waals surface area contributed by atoms with Gasteiger partial charge in [-0.2, -0.15) is 0 Å². The Morgan fingerprint density at radius 3 is 2.19 bits per heavy atom. The second kappa shape index (κ2) is 4.20. The zero-order valence-electron chi connectivity index (χ0n) is 10.5. The Kier molecular flexibility index (Phi) is 3.32. The van der Waals surface area contributed by atoms with Crippen molar-refractivity contribution in [3.05, 3.63) is 34.9 Å². The molecule has 86 valence electrons. The molecule has 0 aromatic rings. The molecule has 1 rings (SSSR count). The Morgan fingerprint density at radius 1 is 1.25 bits per heavy atom. The number of carbonyl (C=O) groups excluding carboxylic acids is 2. The molecule has 0 spiro atoms. The van der Waals surface area contributed by atoms with E-state index in [0.717, 1.165) is 11.1 Å². The van der Waals surface area contributed by atoms with Crippen LogP contribution in [0.15, 0.2) is 34.9 Å². The lowest BCUT2D eigenvalue weighted by Gasteiger charge is -2.17. The molecule has 0 atom stereocenters. The Hall–Kier alpha value is -1.44. The third kappa shape index (κ3) is 1.92. The molecule has 1 aliphatic rings. The first-order valence-corrected chi connectivity index (χ1v) is 5.43. The van der Waals surface area contributed by atoms with Crippen molar-refractivity contribution < 1.29 is 9.59 Å². The van der Waals surface area contributed by atoms with Crippen molar-refractivity contribution in [2.75, 3.05) is 0 Å². The van der Waals surface area contributed by atoms with E-state index in [1.165, 1.54) is 0 Å². The lowest BCUT2D eigenvalue weighted by molar-refractivity contribution is -0.137. The molecule has 0 N–H and O–H groups in total. The minimum Gasteiger partial charge on any atom is -0.289 e. The van der Waals surface area contributed by atoms with Crippen LogP contribution < -0.4 is 0 Å². The lowest BCUT2D eigenvalue weighted by Crippen LogP contribution is -2.24. The summed E-state index contributed by atoms with van der Waals surface area (Å²) in [6, 6.07) is 0. The molecular formula is C14H18O2. The Labute approximate surface area is 96.7 Å². The smallest absolute Gasteiger partial charge is 0.225 e. The van der Waals surface area contributed by atoms with E-state index in [0.29, 0.717) is 5.57 Å². The van der Waals surface area contributed by atoms with Gasteiger partial charge in [0, 0.05) is 5.57 Å². The van der Waals surface area contributed by atoms with Gasteiger partial charge in [-0.15, -0.1) is 0 Å². The molecule has 0 aromatic heterocycles. The van der Waals surface area contributed by atoms with Gasteiger partial charge in [0.1, 0.15) is 0 Å². The van der Waals surface area contributed by atoms with E-state index >= 15 is 0 Å². The minimum atomic E-state index is -0.675. The standard InChI is InChI=1S/C14H18O2/c1-6-9(2)7-8-11-10(3)12(15)13(16)14(11,4)5/h6-8H,1-5H3/b8-7+,9-6+. The van der Waals surface area contributed by atoms with Gasteiger partial charge in [-0.25, -0.2) is 0 Å². The second-order valence-electron chi connectivity index (χ2n) is 4.69. The van der Waals surface area contributed by atoms with Crippen molar-refractivity contribution in [1.29, 1.82) is 0 Å². The summed E-state index contributed by atoms with van der Waals surface area (Å²) in [6.07, 6.45) is 5.80. The predicted molar refractivity (Wildman–Crippen MR) is 65.1 cm³/mol. The highest BCUT2D eigenvalue weighted by atomic mass is 16.2. The number of hydrogen-bond donors (Lipinski definition) is 0. The lowest BCUT2D eigenvalue weighted by atomic mass is 9.84. The number of rotatable bonds is 2. The van der Waals surface area contributed by atoms with Crippen molar-refractivity contribution in [1.82, 2.24) is 0 Å². The molecule has 16 heavy (non-hydrogen) atoms. The molecule has 2 nitrogen and oxygen atoms in total. The van der Waals surface area contributed by atoms with Crippen LogP contribution in [0.2, 0.25) is 0 Å². The molecule has 0 amide bonds. The molecule has 0 fully saturated rings. The molecule has 0 unspecified atom stereocenters. The van der Waals surface area contributed by atoms with E-state index in [2.05, 4.69) is 0 Å². The van der Waals surface area contributed by atoms with E-state index in [1.807, 2.05) is 32.1 Å². The second-order valence-corrected chi connectivity index (χ2v) is 4.69. The van der Waals surface area contributed by atoms with E-state index in [4.69, 9.17) is 0 Å². The summed E-state index contributed by atoms with van der Waals surface area (Å²) in [4.78, 5) is 23.3. The van der Waals surface area contributed by atoms with Crippen molar-refractivity contribution in [2.45, 2.75) is 34.6 Å². The first-order chi connectivity index (χ1) is 7.32. The van der Waals surface area contributed by atoms with Gasteiger partial charge in [-0.05, 0) is 40.2 Å². The highest BCUT2D eigenvalue weighted by Gasteiger charge is 2.43. The number of hydrogen-bond acceptors (Lipinski definition) is 2. The van der Waals surface area contributed by atoms with Gasteiger partial charge in [-0.1, -0.05) is 23.8 Å². The fraction of sp³-hybridized carbons (Fsp3) is 0.429. The SMILES string of the molecule is C/C=C(C)/C=C/C1=C(C)C(=O)C(=O)C1(C)C. The summed E-state index contributed by atoms with van der Waals surface area (Å²) in [5.41, 5.74) is 1.85. The van der Waals surface area contributed by atoms with Crippen LogP contribution in [-0.4, -0.2) is 11.6 Å². The van der Waals surface area contributed by atoms with E-state index in [9.17, 15) is 9.59 Å². The summed E-state index contributed by atoms with van der Waals surface area (Å²) in [7, 11) is 0. The van der Waals surface area contributed by atoms with Crippen LogP contribution in [0.25, 0.3) is 0 Å². The Morgan fingerprint density at radius 2 is 1.81 bits per heavy atom. The van der Waals surface area contributed by atoms with Gasteiger partial charge < -0.3 is 0 Å². The first-order valence-electron chi connectivity index (χ1n) is 5.43. The molecule has 0 aliphatic heterocycles. The van der Waals surface area contributed by atoms with Gasteiger partial charge in [0.2, 0.25) is 11.6 Å². The summed E-state index contributed by atoms with van der Waals surface area (Å²) in [5.74, 6) is -0.648. The zero-order chi connectivity index (χ0) is 12.5. The van der Waals surface area contributed by atoms with Crippen LogP contribution in [0.3, 0.4) is 0 Å². The largest absolute Gasteiger partial charge is 0.289 e. The summed E-state index contributed by atoms with van der Waals surface area (Å²) in [6.45, 7) is 9.26. The summed E-state index contributed by atoms with van der Waals surface area (Å²) in [5, 5.41) is 0. The van der Waals surface area contributed by atoms with Gasteiger partial charge in [0.15, 0.2) is 0 Å². The van der Waals surface area contributed by atoms with Crippen LogP contribution in [0.4, 0.5) is 0 Å². The molecular weight excluding hydrogens is 200 g/mol. The van der Waals surface area contributed by atoms with E-state index in [1.54, 1.807) is 20.8 Å². The maximum absolute atomic E-state index is 11.7. The normalized spacial score (nSPS) is 21.4. The van der Waals surface area contributed by atoms with Crippen LogP contribution in [0.5, 0.6) is 0 Å². The molecule has 0 heterocycles. The number of carbonyl (C=O) groups is 2. The molecule has 1 aliphatic carbocycles. The molecule has 2 heteroatoms. The van der Waals surface area contributed by atoms with Crippen LogP contribution in [0.1, 0.15) is 34.6 Å². The first kappa shape index (κ1) is 12.6. The summed E-state index contributed by atoms with van der Waals surface area (Å²) < 4.78 is 0. The molecule has 0 saturated carbocycles. The highest BCUT2D eigenvalue weighted by molar-refractivity contribution is 6.48. The highest BCUT2D eigenvalue weighted by Crippen LogP contribution is 2.38. The van der Waals surface area contributed by atoms with Crippen molar-refractivity contribution >= 4 is 11.6 Å². The molecule has 0 bridgehead atoms. The van der Waals surface area contributed by atoms with Crippen molar-refractivity contribution in [3.8, 4) is 0 Å². The van der Waals surface area contributed by atoms with E-state index in [-0.39, 0.29) is 11.6 Å². The van der Waals surface area contributed by atoms with Gasteiger partial charge in [0.05, 0.1) is 5.41 Å². The topological polar surface area (TPSA) is 34.1 Å². The summed E-state index contributed by atoms with van der Waals surface area (Å²) >= 11 is 0. The maximum atomic E-state index is 11.7. The van der Waals surface area contributed by atoms with Crippen molar-refractivity contribution in [2.24, 2.45) is 5.41 Å². The fourth-order valence-corrected chi connectivity index (χ4v) is 1.81. The average molecular weight is 218 g/mol. The van der Waals surface area contributed by atoms with Gasteiger partial charge in [0.25, 0.3) is 0 Å².